The lowest BCUT2D eigenvalue weighted by Gasteiger charge is -2.23. The van der Waals surface area contributed by atoms with Crippen LogP contribution >= 0.6 is 0 Å². The van der Waals surface area contributed by atoms with Crippen molar-refractivity contribution in [3.63, 3.8) is 0 Å². The highest BCUT2D eigenvalue weighted by molar-refractivity contribution is 7.89. The molecule has 2 aromatic rings. The first-order valence-electron chi connectivity index (χ1n) is 7.92. The molecule has 0 unspecified atom stereocenters. The molecular formula is C19H21N3O2S. The highest BCUT2D eigenvalue weighted by Gasteiger charge is 2.37. The first kappa shape index (κ1) is 17.4. The lowest BCUT2D eigenvalue weighted by atomic mass is 9.84. The number of rotatable bonds is 3. The Morgan fingerprint density at radius 2 is 1.72 bits per heavy atom. The average Bonchev–Trinajstić information content (AvgIpc) is 2.76. The van der Waals surface area contributed by atoms with E-state index < -0.39 is 10.0 Å². The molecule has 0 spiro atoms. The molecule has 0 radical (unpaired) electrons. The van der Waals surface area contributed by atoms with E-state index in [1.165, 1.54) is 23.4 Å². The molecule has 1 heterocycles. The van der Waals surface area contributed by atoms with Crippen molar-refractivity contribution in [3.05, 3.63) is 65.9 Å². The Bertz CT molecular complexity index is 958. The van der Waals surface area contributed by atoms with Gasteiger partial charge in [0.15, 0.2) is 0 Å². The van der Waals surface area contributed by atoms with Crippen LogP contribution in [0.15, 0.2) is 70.2 Å². The van der Waals surface area contributed by atoms with Crippen molar-refractivity contribution < 1.29 is 8.42 Å². The van der Waals surface area contributed by atoms with Gasteiger partial charge in [-0.25, -0.2) is 13.6 Å². The normalized spacial score (nSPS) is 18.1. The van der Waals surface area contributed by atoms with Gasteiger partial charge in [-0.05, 0) is 42.0 Å². The van der Waals surface area contributed by atoms with Crippen molar-refractivity contribution in [2.75, 3.05) is 11.9 Å². The molecule has 0 atom stereocenters. The van der Waals surface area contributed by atoms with Crippen LogP contribution < -0.4 is 10.0 Å². The van der Waals surface area contributed by atoms with Gasteiger partial charge >= 0.3 is 0 Å². The molecule has 2 N–H and O–H groups in total. The van der Waals surface area contributed by atoms with Gasteiger partial charge in [-0.1, -0.05) is 32.0 Å². The second kappa shape index (κ2) is 6.13. The van der Waals surface area contributed by atoms with E-state index in [4.69, 9.17) is 5.14 Å². The minimum atomic E-state index is -3.68. The summed E-state index contributed by atoms with van der Waals surface area (Å²) in [5, 5.41) is 5.10. The molecule has 5 nitrogen and oxygen atoms in total. The van der Waals surface area contributed by atoms with Gasteiger partial charge in [-0.3, -0.25) is 4.99 Å². The van der Waals surface area contributed by atoms with Crippen LogP contribution in [-0.4, -0.2) is 21.7 Å². The third kappa shape index (κ3) is 3.23. The number of benzene rings is 2. The van der Waals surface area contributed by atoms with E-state index in [1.807, 2.05) is 19.2 Å². The summed E-state index contributed by atoms with van der Waals surface area (Å²) in [7, 11) is -1.63. The Balaban J connectivity index is 1.86. The maximum absolute atomic E-state index is 11.3. The molecule has 25 heavy (non-hydrogen) atoms. The van der Waals surface area contributed by atoms with Crippen molar-refractivity contribution in [2.24, 2.45) is 10.1 Å². The second-order valence-electron chi connectivity index (χ2n) is 6.57. The number of primary sulfonamides is 1. The van der Waals surface area contributed by atoms with E-state index in [9.17, 15) is 8.42 Å². The molecule has 3 rings (SSSR count). The number of hydrogen-bond donors (Lipinski definition) is 1. The summed E-state index contributed by atoms with van der Waals surface area (Å²) in [6.45, 7) is 4.38. The highest BCUT2D eigenvalue weighted by Crippen LogP contribution is 2.46. The van der Waals surface area contributed by atoms with Gasteiger partial charge in [-0.2, -0.15) is 0 Å². The fourth-order valence-corrected chi connectivity index (χ4v) is 3.73. The van der Waals surface area contributed by atoms with E-state index >= 15 is 0 Å². The van der Waals surface area contributed by atoms with Crippen LogP contribution in [-0.2, 0) is 15.4 Å². The van der Waals surface area contributed by atoms with Crippen molar-refractivity contribution in [1.82, 2.24) is 0 Å². The number of para-hydroxylation sites is 1. The molecule has 1 aliphatic heterocycles. The van der Waals surface area contributed by atoms with Gasteiger partial charge in [0.1, 0.15) is 0 Å². The van der Waals surface area contributed by atoms with Crippen LogP contribution in [0.2, 0.25) is 0 Å². The van der Waals surface area contributed by atoms with Crippen molar-refractivity contribution in [2.45, 2.75) is 24.2 Å². The summed E-state index contributed by atoms with van der Waals surface area (Å²) in [4.78, 5) is 6.64. The van der Waals surface area contributed by atoms with E-state index in [2.05, 4.69) is 41.9 Å². The third-order valence-corrected chi connectivity index (χ3v) is 5.49. The zero-order chi connectivity index (χ0) is 18.2. The molecule has 0 bridgehead atoms. The number of fused-ring (bicyclic) bond motifs is 1. The predicted octanol–water partition coefficient (Wildman–Crippen LogP) is 3.35. The second-order valence-corrected chi connectivity index (χ2v) is 8.13. The smallest absolute Gasteiger partial charge is 0.238 e. The molecule has 6 heteroatoms. The van der Waals surface area contributed by atoms with Crippen LogP contribution in [0.4, 0.5) is 11.4 Å². The summed E-state index contributed by atoms with van der Waals surface area (Å²) < 4.78 is 22.5. The number of nitrogens with zero attached hydrogens (tertiary/aromatic N) is 2. The highest BCUT2D eigenvalue weighted by atomic mass is 32.2. The molecule has 0 aliphatic carbocycles. The molecule has 0 fully saturated rings. The number of sulfonamides is 1. The Morgan fingerprint density at radius 3 is 2.32 bits per heavy atom. The largest absolute Gasteiger partial charge is 0.347 e. The zero-order valence-corrected chi connectivity index (χ0v) is 15.3. The number of likely N-dealkylation sites (N-methyl/N-ethyl adjacent to an activating group) is 1. The molecular weight excluding hydrogens is 334 g/mol. The maximum Gasteiger partial charge on any atom is 0.238 e. The summed E-state index contributed by atoms with van der Waals surface area (Å²) in [6.07, 6.45) is 3.74. The first-order valence-corrected chi connectivity index (χ1v) is 9.47. The van der Waals surface area contributed by atoms with Gasteiger partial charge in [0.25, 0.3) is 0 Å². The van der Waals surface area contributed by atoms with E-state index in [1.54, 1.807) is 18.3 Å². The monoisotopic (exact) mass is 355 g/mol. The van der Waals surface area contributed by atoms with Crippen LogP contribution in [0.3, 0.4) is 0 Å². The quantitative estimate of drug-likeness (QED) is 0.858. The van der Waals surface area contributed by atoms with Crippen LogP contribution in [0.25, 0.3) is 0 Å². The molecule has 1 aliphatic rings. The maximum atomic E-state index is 11.3. The summed E-state index contributed by atoms with van der Waals surface area (Å²) in [5.74, 6) is 0. The van der Waals surface area contributed by atoms with Crippen LogP contribution in [0, 0.1) is 0 Å². The van der Waals surface area contributed by atoms with Gasteiger partial charge < -0.3 is 4.90 Å². The predicted molar refractivity (Wildman–Crippen MR) is 102 cm³/mol. The van der Waals surface area contributed by atoms with Crippen molar-refractivity contribution >= 4 is 27.6 Å². The fourth-order valence-electron chi connectivity index (χ4n) is 3.22. The van der Waals surface area contributed by atoms with Gasteiger partial charge in [-0.15, -0.1) is 0 Å². The molecule has 130 valence electrons. The minimum absolute atomic E-state index is 0.0805. The van der Waals surface area contributed by atoms with Crippen LogP contribution in [0.5, 0.6) is 0 Å². The molecule has 0 saturated heterocycles. The topological polar surface area (TPSA) is 75.8 Å². The molecule has 0 saturated carbocycles. The third-order valence-electron chi connectivity index (χ3n) is 4.56. The number of hydrogen-bond acceptors (Lipinski definition) is 4. The Kier molecular flexibility index (Phi) is 4.26. The molecule has 0 aromatic heterocycles. The first-order chi connectivity index (χ1) is 11.7. The van der Waals surface area contributed by atoms with Gasteiger partial charge in [0, 0.05) is 30.1 Å². The summed E-state index contributed by atoms with van der Waals surface area (Å²) in [6, 6.07) is 14.5. The Morgan fingerprint density at radius 1 is 1.08 bits per heavy atom. The Labute approximate surface area is 148 Å². The van der Waals surface area contributed by atoms with E-state index in [0.29, 0.717) is 5.69 Å². The van der Waals surface area contributed by atoms with Crippen molar-refractivity contribution in [1.29, 1.82) is 0 Å². The Hall–Kier alpha value is -2.44. The van der Waals surface area contributed by atoms with E-state index in [0.717, 1.165) is 5.70 Å². The lowest BCUT2D eigenvalue weighted by Crippen LogP contribution is -2.23. The standard InChI is InChI=1S/C19H21N3O2S/c1-19(2)16-6-4-5-7-17(16)22(3)18(19)12-13-21-14-8-10-15(11-9-14)25(20,23)24/h4-13H,1-3H3,(H2,20,23,24). The number of allylic oxidation sites excluding steroid dienone is 2. The molecule has 2 aromatic carbocycles. The average molecular weight is 355 g/mol. The fraction of sp³-hybridized carbons (Fsp3) is 0.211. The van der Waals surface area contributed by atoms with Crippen molar-refractivity contribution in [3.8, 4) is 0 Å². The van der Waals surface area contributed by atoms with E-state index in [-0.39, 0.29) is 10.3 Å². The number of nitrogens with two attached hydrogens (primary N) is 1. The SMILES string of the molecule is CN1C(=CC=Nc2ccc(S(N)(=O)=O)cc2)C(C)(C)c2ccccc21. The van der Waals surface area contributed by atoms with Gasteiger partial charge in [0.05, 0.1) is 10.6 Å². The molecule has 0 amide bonds. The summed E-state index contributed by atoms with van der Waals surface area (Å²) in [5.41, 5.74) is 4.20. The summed E-state index contributed by atoms with van der Waals surface area (Å²) >= 11 is 0. The minimum Gasteiger partial charge on any atom is -0.347 e. The number of aliphatic imine (C=N–C) groups is 1. The zero-order valence-electron chi connectivity index (χ0n) is 14.5. The van der Waals surface area contributed by atoms with Crippen LogP contribution in [0.1, 0.15) is 19.4 Å². The lowest BCUT2D eigenvalue weighted by molar-refractivity contribution is 0.598. The van der Waals surface area contributed by atoms with Gasteiger partial charge in [0.2, 0.25) is 10.0 Å². The number of anilines is 1.